The number of rotatable bonds is 2. The molecule has 6 nitrogen and oxygen atoms in total. The van der Waals surface area contributed by atoms with Crippen LogP contribution in [0.3, 0.4) is 0 Å². The SMILES string of the molecule is c1cc2c(cc1-c1noc(C3CC[NH2+]CC3)n1)OCO2. The van der Waals surface area contributed by atoms with Gasteiger partial charge in [-0.2, -0.15) is 4.98 Å². The molecule has 2 N–H and O–H groups in total. The Morgan fingerprint density at radius 2 is 1.95 bits per heavy atom. The fourth-order valence-corrected chi connectivity index (χ4v) is 2.73. The third kappa shape index (κ3) is 2.02. The molecular formula is C14H16N3O3+. The fourth-order valence-electron chi connectivity index (χ4n) is 2.73. The number of aromatic nitrogens is 2. The minimum atomic E-state index is 0.273. The maximum atomic E-state index is 5.43. The largest absolute Gasteiger partial charge is 0.454 e. The van der Waals surface area contributed by atoms with Crippen molar-refractivity contribution >= 4 is 0 Å². The van der Waals surface area contributed by atoms with E-state index in [1.807, 2.05) is 18.2 Å². The highest BCUT2D eigenvalue weighted by Gasteiger charge is 2.24. The molecule has 6 heteroatoms. The summed E-state index contributed by atoms with van der Waals surface area (Å²) in [5.74, 6) is 3.27. The Bertz CT molecular complexity index is 620. The Kier molecular flexibility index (Phi) is 2.81. The average molecular weight is 274 g/mol. The van der Waals surface area contributed by atoms with Gasteiger partial charge in [0.25, 0.3) is 0 Å². The molecule has 0 unspecified atom stereocenters. The second kappa shape index (κ2) is 4.79. The third-order valence-corrected chi connectivity index (χ3v) is 3.86. The normalized spacial score (nSPS) is 18.4. The molecule has 104 valence electrons. The van der Waals surface area contributed by atoms with Crippen molar-refractivity contribution in [3.63, 3.8) is 0 Å². The molecule has 2 aromatic rings. The van der Waals surface area contributed by atoms with E-state index in [9.17, 15) is 0 Å². The van der Waals surface area contributed by atoms with Gasteiger partial charge in [0.2, 0.25) is 18.5 Å². The van der Waals surface area contributed by atoms with Gasteiger partial charge in [-0.3, -0.25) is 0 Å². The monoisotopic (exact) mass is 274 g/mol. The predicted molar refractivity (Wildman–Crippen MR) is 69.5 cm³/mol. The second-order valence-corrected chi connectivity index (χ2v) is 5.16. The maximum Gasteiger partial charge on any atom is 0.231 e. The van der Waals surface area contributed by atoms with E-state index in [1.54, 1.807) is 0 Å². The molecule has 1 aromatic carbocycles. The highest BCUT2D eigenvalue weighted by molar-refractivity contribution is 5.61. The van der Waals surface area contributed by atoms with E-state index >= 15 is 0 Å². The molecule has 3 heterocycles. The van der Waals surface area contributed by atoms with Crippen molar-refractivity contribution < 1.29 is 19.3 Å². The second-order valence-electron chi connectivity index (χ2n) is 5.16. The molecule has 0 saturated carbocycles. The van der Waals surface area contributed by atoms with Gasteiger partial charge in [0.15, 0.2) is 11.5 Å². The van der Waals surface area contributed by atoms with Crippen LogP contribution in [0.1, 0.15) is 24.7 Å². The predicted octanol–water partition coefficient (Wildman–Crippen LogP) is 0.906. The summed E-state index contributed by atoms with van der Waals surface area (Å²) >= 11 is 0. The summed E-state index contributed by atoms with van der Waals surface area (Å²) in [4.78, 5) is 4.54. The van der Waals surface area contributed by atoms with E-state index in [1.165, 1.54) is 0 Å². The number of piperidine rings is 1. The minimum Gasteiger partial charge on any atom is -0.454 e. The Hall–Kier alpha value is -2.08. The lowest BCUT2D eigenvalue weighted by molar-refractivity contribution is -0.663. The zero-order valence-electron chi connectivity index (χ0n) is 11.0. The van der Waals surface area contributed by atoms with Gasteiger partial charge >= 0.3 is 0 Å². The van der Waals surface area contributed by atoms with Crippen molar-refractivity contribution in [2.75, 3.05) is 19.9 Å². The fraction of sp³-hybridized carbons (Fsp3) is 0.429. The van der Waals surface area contributed by atoms with Crippen molar-refractivity contribution in [1.82, 2.24) is 10.1 Å². The van der Waals surface area contributed by atoms with Crippen LogP contribution >= 0.6 is 0 Å². The first kappa shape index (κ1) is 11.7. The number of quaternary nitrogens is 1. The molecule has 0 spiro atoms. The zero-order chi connectivity index (χ0) is 13.4. The van der Waals surface area contributed by atoms with Crippen LogP contribution in [0, 0.1) is 0 Å². The average Bonchev–Trinajstić information content (AvgIpc) is 3.16. The first-order valence-corrected chi connectivity index (χ1v) is 6.95. The number of fused-ring (bicyclic) bond motifs is 1. The summed E-state index contributed by atoms with van der Waals surface area (Å²) in [6.45, 7) is 2.54. The van der Waals surface area contributed by atoms with Crippen molar-refractivity contribution in [2.45, 2.75) is 18.8 Å². The van der Waals surface area contributed by atoms with Crippen LogP contribution in [-0.2, 0) is 0 Å². The molecule has 0 amide bonds. The molecule has 0 aliphatic carbocycles. The number of ether oxygens (including phenoxy) is 2. The molecule has 2 aliphatic heterocycles. The summed E-state index contributed by atoms with van der Waals surface area (Å²) in [6, 6.07) is 5.70. The van der Waals surface area contributed by atoms with E-state index in [-0.39, 0.29) is 6.79 Å². The van der Waals surface area contributed by atoms with Crippen LogP contribution in [0.25, 0.3) is 11.4 Å². The molecule has 1 saturated heterocycles. The number of benzene rings is 1. The maximum absolute atomic E-state index is 5.43. The van der Waals surface area contributed by atoms with Gasteiger partial charge in [0, 0.05) is 24.3 Å². The quantitative estimate of drug-likeness (QED) is 0.881. The molecular weight excluding hydrogens is 258 g/mol. The zero-order valence-corrected chi connectivity index (χ0v) is 11.0. The lowest BCUT2D eigenvalue weighted by atomic mass is 9.98. The Labute approximate surface area is 116 Å². The van der Waals surface area contributed by atoms with Crippen LogP contribution in [0.15, 0.2) is 22.7 Å². The Morgan fingerprint density at radius 3 is 2.85 bits per heavy atom. The van der Waals surface area contributed by atoms with Gasteiger partial charge in [-0.15, -0.1) is 0 Å². The molecule has 4 rings (SSSR count). The summed E-state index contributed by atoms with van der Waals surface area (Å²) in [5, 5.41) is 6.42. The Morgan fingerprint density at radius 1 is 1.10 bits per heavy atom. The van der Waals surface area contributed by atoms with E-state index < -0.39 is 0 Å². The smallest absolute Gasteiger partial charge is 0.231 e. The van der Waals surface area contributed by atoms with Crippen molar-refractivity contribution in [2.24, 2.45) is 0 Å². The molecule has 1 aromatic heterocycles. The van der Waals surface area contributed by atoms with Crippen molar-refractivity contribution in [1.29, 1.82) is 0 Å². The topological polar surface area (TPSA) is 74.0 Å². The standard InChI is InChI=1S/C14H15N3O3/c1-2-11-12(19-8-18-11)7-10(1)13-16-14(20-17-13)9-3-5-15-6-4-9/h1-2,7,9,15H,3-6,8H2/p+1. The van der Waals surface area contributed by atoms with Gasteiger partial charge in [-0.1, -0.05) is 5.16 Å². The van der Waals surface area contributed by atoms with E-state index in [0.717, 1.165) is 48.9 Å². The van der Waals surface area contributed by atoms with Crippen LogP contribution < -0.4 is 14.8 Å². The van der Waals surface area contributed by atoms with Gasteiger partial charge in [-0.25, -0.2) is 0 Å². The van der Waals surface area contributed by atoms with Gasteiger partial charge < -0.3 is 19.3 Å². The summed E-state index contributed by atoms with van der Waals surface area (Å²) in [7, 11) is 0. The summed E-state index contributed by atoms with van der Waals surface area (Å²) < 4.78 is 16.1. The highest BCUT2D eigenvalue weighted by Crippen LogP contribution is 2.35. The van der Waals surface area contributed by atoms with E-state index in [2.05, 4.69) is 15.5 Å². The highest BCUT2D eigenvalue weighted by atomic mass is 16.7. The van der Waals surface area contributed by atoms with Gasteiger partial charge in [0.05, 0.1) is 13.1 Å². The third-order valence-electron chi connectivity index (χ3n) is 3.86. The van der Waals surface area contributed by atoms with Gasteiger partial charge in [0.1, 0.15) is 0 Å². The Balaban J connectivity index is 1.61. The van der Waals surface area contributed by atoms with Gasteiger partial charge in [-0.05, 0) is 18.2 Å². The summed E-state index contributed by atoms with van der Waals surface area (Å²) in [6.07, 6.45) is 2.20. The molecule has 0 radical (unpaired) electrons. The summed E-state index contributed by atoms with van der Waals surface area (Å²) in [5.41, 5.74) is 0.895. The van der Waals surface area contributed by atoms with Crippen LogP contribution in [0.5, 0.6) is 11.5 Å². The molecule has 1 fully saturated rings. The number of hydrogen-bond donors (Lipinski definition) is 1. The minimum absolute atomic E-state index is 0.273. The number of nitrogens with zero attached hydrogens (tertiary/aromatic N) is 2. The molecule has 0 bridgehead atoms. The van der Waals surface area contributed by atoms with E-state index in [4.69, 9.17) is 14.0 Å². The van der Waals surface area contributed by atoms with Crippen LogP contribution in [0.4, 0.5) is 0 Å². The molecule has 2 aliphatic rings. The lowest BCUT2D eigenvalue weighted by Gasteiger charge is -2.15. The van der Waals surface area contributed by atoms with E-state index in [0.29, 0.717) is 11.7 Å². The first-order chi connectivity index (χ1) is 9.90. The number of nitrogens with two attached hydrogens (primary N) is 1. The molecule has 20 heavy (non-hydrogen) atoms. The van der Waals surface area contributed by atoms with Crippen LogP contribution in [-0.4, -0.2) is 30.0 Å². The molecule has 0 atom stereocenters. The number of hydrogen-bond acceptors (Lipinski definition) is 5. The first-order valence-electron chi connectivity index (χ1n) is 6.95. The lowest BCUT2D eigenvalue weighted by Crippen LogP contribution is -2.86. The van der Waals surface area contributed by atoms with Crippen molar-refractivity contribution in [3.8, 4) is 22.9 Å². The van der Waals surface area contributed by atoms with Crippen molar-refractivity contribution in [3.05, 3.63) is 24.1 Å². The van der Waals surface area contributed by atoms with Crippen LogP contribution in [0.2, 0.25) is 0 Å².